The molecule has 6 nitrogen and oxygen atoms in total. The number of rotatable bonds is 4. The van der Waals surface area contributed by atoms with Crippen molar-refractivity contribution < 1.29 is 22.7 Å². The molecule has 180 valence electrons. The number of carbonyl (C=O) groups excluding carboxylic acids is 1. The molecule has 0 bridgehead atoms. The molecular formula is C25H26F3N3O3. The molecule has 2 aromatic heterocycles. The standard InChI is InChI=1S/C25H26F3N3O3/c1-14(2)19-6-8-31(13-25(19,27)28)24(33)22-20(26)9-15(10-21(22)34-4)18-12-30(3)23(32)17-11-29-7-5-16(17)18/h5,7,9-12,14,19H,6,8,13H2,1-4H3. The van der Waals surface area contributed by atoms with Crippen molar-refractivity contribution in [2.45, 2.75) is 26.2 Å². The smallest absolute Gasteiger partial charge is 0.268 e. The maximum Gasteiger partial charge on any atom is 0.268 e. The number of halogens is 3. The van der Waals surface area contributed by atoms with Crippen LogP contribution in [0.4, 0.5) is 13.2 Å². The Balaban J connectivity index is 1.76. The lowest BCUT2D eigenvalue weighted by molar-refractivity contribution is -0.116. The topological polar surface area (TPSA) is 64.4 Å². The third-order valence-electron chi connectivity index (χ3n) is 6.53. The molecule has 1 saturated heterocycles. The molecule has 1 atom stereocenters. The van der Waals surface area contributed by atoms with E-state index in [1.807, 2.05) is 0 Å². The van der Waals surface area contributed by atoms with Crippen LogP contribution in [0.1, 0.15) is 30.6 Å². The van der Waals surface area contributed by atoms with Crippen LogP contribution in [0.3, 0.4) is 0 Å². The Bertz CT molecular complexity index is 1320. The third-order valence-corrected chi connectivity index (χ3v) is 6.53. The van der Waals surface area contributed by atoms with E-state index < -0.39 is 30.1 Å². The number of aromatic nitrogens is 2. The van der Waals surface area contributed by atoms with Crippen molar-refractivity contribution in [2.24, 2.45) is 18.9 Å². The van der Waals surface area contributed by atoms with Gasteiger partial charge in [0, 0.05) is 43.7 Å². The lowest BCUT2D eigenvalue weighted by Crippen LogP contribution is -2.52. The fourth-order valence-corrected chi connectivity index (χ4v) is 4.76. The Morgan fingerprint density at radius 3 is 2.65 bits per heavy atom. The van der Waals surface area contributed by atoms with Gasteiger partial charge in [0.25, 0.3) is 17.4 Å². The average molecular weight is 473 g/mol. The van der Waals surface area contributed by atoms with E-state index in [0.29, 0.717) is 21.9 Å². The molecule has 34 heavy (non-hydrogen) atoms. The van der Waals surface area contributed by atoms with Gasteiger partial charge in [-0.05, 0) is 41.5 Å². The molecule has 1 aromatic carbocycles. The van der Waals surface area contributed by atoms with Gasteiger partial charge in [-0.3, -0.25) is 14.6 Å². The summed E-state index contributed by atoms with van der Waals surface area (Å²) in [5.74, 6) is -5.91. The summed E-state index contributed by atoms with van der Waals surface area (Å²) >= 11 is 0. The Kier molecular flexibility index (Phi) is 6.14. The number of piperidine rings is 1. The van der Waals surface area contributed by atoms with E-state index in [9.17, 15) is 18.4 Å². The van der Waals surface area contributed by atoms with E-state index in [-0.39, 0.29) is 35.8 Å². The second-order valence-corrected chi connectivity index (χ2v) is 9.04. The molecular weight excluding hydrogens is 447 g/mol. The van der Waals surface area contributed by atoms with Crippen molar-refractivity contribution in [2.75, 3.05) is 20.2 Å². The minimum Gasteiger partial charge on any atom is -0.496 e. The minimum atomic E-state index is -3.06. The molecule has 0 radical (unpaired) electrons. The number of amides is 1. The second kappa shape index (κ2) is 8.77. The van der Waals surface area contributed by atoms with Gasteiger partial charge in [-0.15, -0.1) is 0 Å². The van der Waals surface area contributed by atoms with Gasteiger partial charge < -0.3 is 14.2 Å². The zero-order valence-electron chi connectivity index (χ0n) is 19.4. The first-order valence-electron chi connectivity index (χ1n) is 11.0. The van der Waals surface area contributed by atoms with E-state index in [1.165, 1.54) is 30.1 Å². The molecule has 1 aliphatic heterocycles. The Morgan fingerprint density at radius 2 is 2.00 bits per heavy atom. The number of hydrogen-bond acceptors (Lipinski definition) is 4. The number of carbonyl (C=O) groups is 1. The lowest BCUT2D eigenvalue weighted by Gasteiger charge is -2.40. The molecule has 0 saturated carbocycles. The van der Waals surface area contributed by atoms with Crippen LogP contribution in [0.25, 0.3) is 21.9 Å². The number of pyridine rings is 2. The molecule has 3 heterocycles. The Hall–Kier alpha value is -3.36. The zero-order valence-corrected chi connectivity index (χ0v) is 19.4. The molecule has 3 aromatic rings. The third kappa shape index (κ3) is 4.03. The number of ether oxygens (including phenoxy) is 1. The largest absolute Gasteiger partial charge is 0.496 e. The van der Waals surface area contributed by atoms with Crippen LogP contribution in [-0.4, -0.2) is 46.5 Å². The van der Waals surface area contributed by atoms with Gasteiger partial charge in [0.2, 0.25) is 0 Å². The van der Waals surface area contributed by atoms with Crippen LogP contribution in [0, 0.1) is 17.7 Å². The predicted molar refractivity (Wildman–Crippen MR) is 123 cm³/mol. The van der Waals surface area contributed by atoms with E-state index in [2.05, 4.69) is 4.98 Å². The molecule has 1 unspecified atom stereocenters. The molecule has 0 aliphatic carbocycles. The highest BCUT2D eigenvalue weighted by molar-refractivity contribution is 6.00. The first-order chi connectivity index (χ1) is 16.0. The van der Waals surface area contributed by atoms with E-state index in [4.69, 9.17) is 4.74 Å². The normalized spacial score (nSPS) is 17.9. The molecule has 0 spiro atoms. The number of methoxy groups -OCH3 is 1. The van der Waals surface area contributed by atoms with Crippen LogP contribution >= 0.6 is 0 Å². The quantitative estimate of drug-likeness (QED) is 0.560. The zero-order chi connectivity index (χ0) is 24.8. The minimum absolute atomic E-state index is 0.0645. The van der Waals surface area contributed by atoms with Gasteiger partial charge in [-0.25, -0.2) is 13.2 Å². The van der Waals surface area contributed by atoms with Gasteiger partial charge in [0.15, 0.2) is 0 Å². The fraction of sp³-hybridized carbons (Fsp3) is 0.400. The highest BCUT2D eigenvalue weighted by atomic mass is 19.3. The van der Waals surface area contributed by atoms with Crippen molar-refractivity contribution in [1.82, 2.24) is 14.5 Å². The van der Waals surface area contributed by atoms with Crippen LogP contribution < -0.4 is 10.3 Å². The number of fused-ring (bicyclic) bond motifs is 1. The number of aryl methyl sites for hydroxylation is 1. The number of hydrogen-bond donors (Lipinski definition) is 0. The van der Waals surface area contributed by atoms with E-state index in [1.54, 1.807) is 33.2 Å². The maximum absolute atomic E-state index is 15.4. The van der Waals surface area contributed by atoms with Gasteiger partial charge in [-0.1, -0.05) is 13.8 Å². The number of likely N-dealkylation sites (tertiary alicyclic amines) is 1. The summed E-state index contributed by atoms with van der Waals surface area (Å²) in [7, 11) is 2.86. The SMILES string of the molecule is COc1cc(-c2cn(C)c(=O)c3cnccc23)cc(F)c1C(=O)N1CCC(C(C)C)C(F)(F)C1. The Labute approximate surface area is 195 Å². The van der Waals surface area contributed by atoms with Crippen LogP contribution in [0.5, 0.6) is 5.75 Å². The molecule has 0 N–H and O–H groups in total. The highest BCUT2D eigenvalue weighted by Crippen LogP contribution is 2.39. The summed E-state index contributed by atoms with van der Waals surface area (Å²) in [6.45, 7) is 2.81. The molecule has 4 rings (SSSR count). The fourth-order valence-electron chi connectivity index (χ4n) is 4.76. The van der Waals surface area contributed by atoms with Gasteiger partial charge in [0.1, 0.15) is 17.1 Å². The summed E-state index contributed by atoms with van der Waals surface area (Å²) in [5, 5.41) is 0.923. The van der Waals surface area contributed by atoms with Crippen molar-refractivity contribution in [3.05, 3.63) is 58.5 Å². The summed E-state index contributed by atoms with van der Waals surface area (Å²) in [6, 6.07) is 4.29. The first-order valence-corrected chi connectivity index (χ1v) is 11.0. The van der Waals surface area contributed by atoms with Gasteiger partial charge in [0.05, 0.1) is 19.0 Å². The Morgan fingerprint density at radius 1 is 1.26 bits per heavy atom. The molecule has 1 fully saturated rings. The van der Waals surface area contributed by atoms with Crippen LogP contribution in [0.15, 0.2) is 41.6 Å². The predicted octanol–water partition coefficient (Wildman–Crippen LogP) is 4.50. The van der Waals surface area contributed by atoms with Crippen LogP contribution in [-0.2, 0) is 7.05 Å². The second-order valence-electron chi connectivity index (χ2n) is 9.04. The number of nitrogens with zero attached hydrogens (tertiary/aromatic N) is 3. The molecule has 9 heteroatoms. The molecule has 1 aliphatic rings. The summed E-state index contributed by atoms with van der Waals surface area (Å²) < 4.78 is 51.4. The van der Waals surface area contributed by atoms with E-state index in [0.717, 1.165) is 11.0 Å². The monoisotopic (exact) mass is 473 g/mol. The van der Waals surface area contributed by atoms with Gasteiger partial charge >= 0.3 is 0 Å². The average Bonchev–Trinajstić information content (AvgIpc) is 2.79. The van der Waals surface area contributed by atoms with Crippen molar-refractivity contribution in [3.63, 3.8) is 0 Å². The maximum atomic E-state index is 15.4. The summed E-state index contributed by atoms with van der Waals surface area (Å²) in [5.41, 5.74) is 0.277. The van der Waals surface area contributed by atoms with E-state index >= 15 is 4.39 Å². The summed E-state index contributed by atoms with van der Waals surface area (Å²) in [4.78, 5) is 30.6. The summed E-state index contributed by atoms with van der Waals surface area (Å²) in [6.07, 6.45) is 4.67. The molecule has 1 amide bonds. The lowest BCUT2D eigenvalue weighted by atomic mass is 9.83. The highest BCUT2D eigenvalue weighted by Gasteiger charge is 2.47. The van der Waals surface area contributed by atoms with Crippen LogP contribution in [0.2, 0.25) is 0 Å². The van der Waals surface area contributed by atoms with Crippen molar-refractivity contribution in [3.8, 4) is 16.9 Å². The number of benzene rings is 1. The van der Waals surface area contributed by atoms with Crippen molar-refractivity contribution >= 4 is 16.7 Å². The number of alkyl halides is 2. The first kappa shape index (κ1) is 23.8. The van der Waals surface area contributed by atoms with Crippen molar-refractivity contribution in [1.29, 1.82) is 0 Å². The van der Waals surface area contributed by atoms with Gasteiger partial charge in [-0.2, -0.15) is 0 Å².